The molecule has 9 heteroatoms. The molecule has 3 aromatic carbocycles. The second kappa shape index (κ2) is 13.6. The quantitative estimate of drug-likeness (QED) is 0.304. The number of carboxylic acid groups (broad SMARTS) is 2. The molecule has 208 valence electrons. The lowest BCUT2D eigenvalue weighted by Crippen LogP contribution is -2.44. The van der Waals surface area contributed by atoms with Crippen LogP contribution in [0.1, 0.15) is 47.4 Å². The Bertz CT molecular complexity index is 1300. The third-order valence-corrected chi connectivity index (χ3v) is 7.05. The molecule has 1 aliphatic heterocycles. The van der Waals surface area contributed by atoms with Gasteiger partial charge in [0.05, 0.1) is 12.0 Å². The number of aryl methyl sites for hydroxylation is 1. The molecule has 1 saturated heterocycles. The van der Waals surface area contributed by atoms with Gasteiger partial charge in [0, 0.05) is 6.54 Å². The van der Waals surface area contributed by atoms with E-state index in [0.29, 0.717) is 12.4 Å². The fourth-order valence-electron chi connectivity index (χ4n) is 4.97. The summed E-state index contributed by atoms with van der Waals surface area (Å²) in [7, 11) is 0. The van der Waals surface area contributed by atoms with E-state index in [2.05, 4.69) is 93.9 Å². The lowest BCUT2D eigenvalue weighted by atomic mass is 9.72. The Morgan fingerprint density at radius 1 is 0.875 bits per heavy atom. The van der Waals surface area contributed by atoms with E-state index in [1.807, 2.05) is 19.1 Å². The Morgan fingerprint density at radius 2 is 1.38 bits per heavy atom. The molecule has 2 N–H and O–H groups in total. The largest absolute Gasteiger partial charge is 0.473 e. The number of carbonyl (C=O) groups is 2. The van der Waals surface area contributed by atoms with Gasteiger partial charge in [0.2, 0.25) is 5.89 Å². The van der Waals surface area contributed by atoms with E-state index in [4.69, 9.17) is 29.1 Å². The van der Waals surface area contributed by atoms with Crippen LogP contribution in [-0.4, -0.2) is 63.4 Å². The van der Waals surface area contributed by atoms with E-state index < -0.39 is 11.9 Å². The van der Waals surface area contributed by atoms with Crippen molar-refractivity contribution in [2.75, 3.05) is 26.2 Å². The zero-order valence-corrected chi connectivity index (χ0v) is 22.3. The van der Waals surface area contributed by atoms with Crippen LogP contribution in [0.25, 0.3) is 0 Å². The molecule has 0 atom stereocenters. The zero-order valence-electron chi connectivity index (χ0n) is 22.3. The summed E-state index contributed by atoms with van der Waals surface area (Å²) >= 11 is 0. The third-order valence-electron chi connectivity index (χ3n) is 7.05. The summed E-state index contributed by atoms with van der Waals surface area (Å²) in [5.74, 6) is -2.22. The predicted octanol–water partition coefficient (Wildman–Crippen LogP) is 4.72. The molecule has 0 bridgehead atoms. The van der Waals surface area contributed by atoms with Gasteiger partial charge in [0.25, 0.3) is 0 Å². The molecule has 2 heterocycles. The summed E-state index contributed by atoms with van der Waals surface area (Å²) in [5, 5.41) is 18.9. The maximum atomic E-state index is 9.10. The first-order valence-corrected chi connectivity index (χ1v) is 13.2. The molecule has 1 fully saturated rings. The van der Waals surface area contributed by atoms with E-state index in [9.17, 15) is 0 Å². The zero-order chi connectivity index (χ0) is 28.4. The number of ether oxygens (including phenoxy) is 1. The van der Waals surface area contributed by atoms with Crippen LogP contribution in [0, 0.1) is 6.92 Å². The van der Waals surface area contributed by atoms with Gasteiger partial charge in [-0.05, 0) is 49.5 Å². The van der Waals surface area contributed by atoms with E-state index in [-0.39, 0.29) is 11.5 Å². The first kappa shape index (κ1) is 28.7. The van der Waals surface area contributed by atoms with Crippen LogP contribution >= 0.6 is 0 Å². The fourth-order valence-corrected chi connectivity index (χ4v) is 4.97. The number of nitrogens with zero attached hydrogens (tertiary/aromatic N) is 3. The molecule has 0 aliphatic carbocycles. The van der Waals surface area contributed by atoms with Gasteiger partial charge in [-0.15, -0.1) is 0 Å². The van der Waals surface area contributed by atoms with Crippen molar-refractivity contribution in [1.82, 2.24) is 15.0 Å². The minimum absolute atomic E-state index is 0.0584. The molecule has 5 rings (SSSR count). The number of aromatic nitrogens is 2. The van der Waals surface area contributed by atoms with Crippen LogP contribution in [0.3, 0.4) is 0 Å². The molecule has 0 radical (unpaired) electrons. The van der Waals surface area contributed by atoms with Crippen molar-refractivity contribution in [1.29, 1.82) is 0 Å². The normalized spacial score (nSPS) is 14.8. The fraction of sp³-hybridized carbons (Fsp3) is 0.290. The molecule has 4 aromatic rings. The van der Waals surface area contributed by atoms with Crippen molar-refractivity contribution in [2.24, 2.45) is 0 Å². The van der Waals surface area contributed by atoms with Gasteiger partial charge in [-0.25, -0.2) is 9.59 Å². The highest BCUT2D eigenvalue weighted by atomic mass is 16.5. The smallest absolute Gasteiger partial charge is 0.414 e. The third kappa shape index (κ3) is 7.19. The van der Waals surface area contributed by atoms with E-state index >= 15 is 0 Å². The van der Waals surface area contributed by atoms with Crippen LogP contribution < -0.4 is 0 Å². The molecule has 40 heavy (non-hydrogen) atoms. The van der Waals surface area contributed by atoms with Gasteiger partial charge >= 0.3 is 11.9 Å². The summed E-state index contributed by atoms with van der Waals surface area (Å²) in [5.41, 5.74) is 3.39. The van der Waals surface area contributed by atoms with Crippen molar-refractivity contribution in [2.45, 2.75) is 31.3 Å². The molecule has 1 aromatic heterocycles. The Kier molecular flexibility index (Phi) is 9.77. The van der Waals surface area contributed by atoms with Crippen LogP contribution in [0.4, 0.5) is 0 Å². The number of likely N-dealkylation sites (tertiary alicyclic amines) is 1. The average molecular weight is 544 g/mol. The molecule has 0 saturated carbocycles. The minimum atomic E-state index is -1.82. The van der Waals surface area contributed by atoms with Crippen molar-refractivity contribution >= 4 is 11.9 Å². The molecule has 9 nitrogen and oxygen atoms in total. The topological polar surface area (TPSA) is 126 Å². The summed E-state index contributed by atoms with van der Waals surface area (Å²) in [6, 6.07) is 31.5. The first-order valence-electron chi connectivity index (χ1n) is 13.2. The number of carboxylic acids is 2. The second-order valence-electron chi connectivity index (χ2n) is 9.62. The standard InChI is InChI=1S/C29H31N3O2.C2H2O4/c1-23-30-28(34-31-23)29(26-15-9-4-10-16-26)17-19-32(20-18-29)21-22-33-27(24-11-5-2-6-12-24)25-13-7-3-8-14-25;3-1(4)2(5)6/h2-16,27H,17-22H2,1H3;(H,3,4)(H,5,6). The van der Waals surface area contributed by atoms with E-state index in [1.54, 1.807) is 0 Å². The Balaban J connectivity index is 0.000000557. The lowest BCUT2D eigenvalue weighted by molar-refractivity contribution is -0.159. The number of rotatable bonds is 8. The van der Waals surface area contributed by atoms with Crippen LogP contribution in [-0.2, 0) is 19.7 Å². The van der Waals surface area contributed by atoms with Gasteiger partial charge < -0.3 is 24.4 Å². The highest BCUT2D eigenvalue weighted by molar-refractivity contribution is 6.27. The molecule has 0 spiro atoms. The second-order valence-corrected chi connectivity index (χ2v) is 9.62. The summed E-state index contributed by atoms with van der Waals surface area (Å²) < 4.78 is 12.2. The molecular formula is C31H33N3O6. The van der Waals surface area contributed by atoms with Crippen molar-refractivity contribution in [3.63, 3.8) is 0 Å². The van der Waals surface area contributed by atoms with Crippen LogP contribution in [0.15, 0.2) is 95.5 Å². The van der Waals surface area contributed by atoms with E-state index in [0.717, 1.165) is 38.4 Å². The number of hydrogen-bond donors (Lipinski definition) is 2. The summed E-state index contributed by atoms with van der Waals surface area (Å²) in [6.45, 7) is 5.37. The number of aliphatic carboxylic acids is 2. The van der Waals surface area contributed by atoms with Gasteiger partial charge in [-0.1, -0.05) is 96.2 Å². The Hall–Kier alpha value is -4.34. The average Bonchev–Trinajstić information content (AvgIpc) is 3.44. The summed E-state index contributed by atoms with van der Waals surface area (Å²) in [4.78, 5) is 25.3. The highest BCUT2D eigenvalue weighted by Crippen LogP contribution is 2.41. The molecular weight excluding hydrogens is 510 g/mol. The lowest BCUT2D eigenvalue weighted by Gasteiger charge is -2.39. The van der Waals surface area contributed by atoms with Crippen LogP contribution in [0.5, 0.6) is 0 Å². The van der Waals surface area contributed by atoms with Crippen molar-refractivity contribution in [3.8, 4) is 0 Å². The highest BCUT2D eigenvalue weighted by Gasteiger charge is 2.42. The van der Waals surface area contributed by atoms with Gasteiger partial charge in [0.15, 0.2) is 5.82 Å². The number of benzene rings is 3. The SMILES string of the molecule is Cc1noc(C2(c3ccccc3)CCN(CCOC(c3ccccc3)c3ccccc3)CC2)n1.O=C(O)C(=O)O. The number of hydrogen-bond acceptors (Lipinski definition) is 7. The van der Waals surface area contributed by atoms with Crippen LogP contribution in [0.2, 0.25) is 0 Å². The van der Waals surface area contributed by atoms with E-state index in [1.165, 1.54) is 16.7 Å². The number of piperidine rings is 1. The van der Waals surface area contributed by atoms with Crippen molar-refractivity contribution < 1.29 is 29.1 Å². The first-order chi connectivity index (χ1) is 19.4. The molecule has 0 amide bonds. The summed E-state index contributed by atoms with van der Waals surface area (Å²) in [6.07, 6.45) is 1.83. The maximum absolute atomic E-state index is 9.10. The predicted molar refractivity (Wildman–Crippen MR) is 148 cm³/mol. The minimum Gasteiger partial charge on any atom is -0.473 e. The molecule has 1 aliphatic rings. The Morgan fingerprint density at radius 3 is 1.82 bits per heavy atom. The van der Waals surface area contributed by atoms with Crippen molar-refractivity contribution in [3.05, 3.63) is 119 Å². The monoisotopic (exact) mass is 543 g/mol. The van der Waals surface area contributed by atoms with Gasteiger partial charge in [0.1, 0.15) is 6.10 Å². The van der Waals surface area contributed by atoms with Gasteiger partial charge in [-0.3, -0.25) is 0 Å². The Labute approximate surface area is 233 Å². The molecule has 0 unspecified atom stereocenters. The maximum Gasteiger partial charge on any atom is 0.414 e. The van der Waals surface area contributed by atoms with Gasteiger partial charge in [-0.2, -0.15) is 4.98 Å².